The van der Waals surface area contributed by atoms with Crippen molar-refractivity contribution < 1.29 is 14.7 Å². The summed E-state index contributed by atoms with van der Waals surface area (Å²) in [6.45, 7) is 9.34. The van der Waals surface area contributed by atoms with Crippen LogP contribution < -0.4 is 0 Å². The van der Waals surface area contributed by atoms with Crippen molar-refractivity contribution in [2.45, 2.75) is 40.8 Å². The van der Waals surface area contributed by atoms with Crippen molar-refractivity contribution in [3.8, 4) is 0 Å². The highest BCUT2D eigenvalue weighted by Gasteiger charge is 2.26. The third-order valence-corrected chi connectivity index (χ3v) is 4.11. The number of hydrogen-bond donors (Lipinski definition) is 1. The van der Waals surface area contributed by atoms with E-state index in [0.717, 1.165) is 23.5 Å². The highest BCUT2D eigenvalue weighted by Crippen LogP contribution is 2.18. The maximum atomic E-state index is 12.8. The van der Waals surface area contributed by atoms with Gasteiger partial charge in [-0.25, -0.2) is 4.79 Å². The summed E-state index contributed by atoms with van der Waals surface area (Å²) in [5.74, 6) is -1.55. The minimum Gasteiger partial charge on any atom is -0.478 e. The minimum atomic E-state index is -1.16. The van der Waals surface area contributed by atoms with E-state index in [0.29, 0.717) is 13.1 Å². The molecule has 0 spiro atoms. The summed E-state index contributed by atoms with van der Waals surface area (Å²) in [6, 6.07) is 0. The molecule has 1 N–H and O–H groups in total. The van der Waals surface area contributed by atoms with E-state index >= 15 is 0 Å². The van der Waals surface area contributed by atoms with Crippen molar-refractivity contribution in [2.24, 2.45) is 7.05 Å². The van der Waals surface area contributed by atoms with Gasteiger partial charge in [-0.1, -0.05) is 0 Å². The molecular formula is C16H23N5O3. The van der Waals surface area contributed by atoms with Crippen LogP contribution >= 0.6 is 0 Å². The number of amides is 1. The summed E-state index contributed by atoms with van der Waals surface area (Å²) in [4.78, 5) is 25.7. The van der Waals surface area contributed by atoms with Gasteiger partial charge in [0, 0.05) is 44.1 Å². The van der Waals surface area contributed by atoms with E-state index < -0.39 is 11.9 Å². The normalized spacial score (nSPS) is 10.9. The molecule has 0 aliphatic carbocycles. The van der Waals surface area contributed by atoms with Crippen molar-refractivity contribution in [3.05, 3.63) is 34.4 Å². The van der Waals surface area contributed by atoms with Crippen LogP contribution in [0.5, 0.6) is 0 Å². The maximum absolute atomic E-state index is 12.8. The van der Waals surface area contributed by atoms with Crippen molar-refractivity contribution in [3.63, 3.8) is 0 Å². The van der Waals surface area contributed by atoms with Crippen LogP contribution in [0.15, 0.2) is 6.20 Å². The number of carbonyl (C=O) groups excluding carboxylic acids is 1. The lowest BCUT2D eigenvalue weighted by atomic mass is 10.1. The molecule has 0 aromatic carbocycles. The zero-order chi connectivity index (χ0) is 18.0. The third-order valence-electron chi connectivity index (χ3n) is 4.11. The Hall–Kier alpha value is -2.64. The molecule has 0 saturated heterocycles. The Bertz CT molecular complexity index is 775. The number of aromatic carboxylic acids is 1. The Balaban J connectivity index is 2.34. The SMILES string of the molecule is CCN(Cc1c(C)nn(CC)c1C)C(=O)c1nn(C)cc1C(=O)O. The number of aromatic nitrogens is 4. The van der Waals surface area contributed by atoms with Gasteiger partial charge in [0.15, 0.2) is 5.69 Å². The number of carboxylic acid groups (broad SMARTS) is 1. The molecule has 2 aromatic heterocycles. The average Bonchev–Trinajstić information content (AvgIpc) is 3.05. The molecule has 0 unspecified atom stereocenters. The first-order chi connectivity index (χ1) is 11.3. The smallest absolute Gasteiger partial charge is 0.339 e. The fourth-order valence-electron chi connectivity index (χ4n) is 2.74. The molecule has 0 aliphatic rings. The fourth-order valence-corrected chi connectivity index (χ4v) is 2.74. The second kappa shape index (κ2) is 6.86. The first-order valence-corrected chi connectivity index (χ1v) is 7.89. The number of nitrogens with zero attached hydrogens (tertiary/aromatic N) is 5. The second-order valence-electron chi connectivity index (χ2n) is 5.65. The Morgan fingerprint density at radius 2 is 1.92 bits per heavy atom. The van der Waals surface area contributed by atoms with Crippen LogP contribution in [0.1, 0.15) is 51.6 Å². The highest BCUT2D eigenvalue weighted by atomic mass is 16.4. The second-order valence-corrected chi connectivity index (χ2v) is 5.65. The number of hydrogen-bond acceptors (Lipinski definition) is 4. The molecule has 2 rings (SSSR count). The molecule has 8 nitrogen and oxygen atoms in total. The lowest BCUT2D eigenvalue weighted by Gasteiger charge is -2.20. The summed E-state index contributed by atoms with van der Waals surface area (Å²) in [5, 5.41) is 17.8. The molecule has 2 heterocycles. The van der Waals surface area contributed by atoms with Crippen LogP contribution in [0.2, 0.25) is 0 Å². The van der Waals surface area contributed by atoms with Gasteiger partial charge in [-0.15, -0.1) is 0 Å². The van der Waals surface area contributed by atoms with Crippen LogP contribution in [-0.4, -0.2) is 48.0 Å². The predicted octanol–water partition coefficient (Wildman–Crippen LogP) is 1.61. The molecular weight excluding hydrogens is 310 g/mol. The third kappa shape index (κ3) is 3.17. The van der Waals surface area contributed by atoms with Gasteiger partial charge < -0.3 is 10.0 Å². The predicted molar refractivity (Wildman–Crippen MR) is 88.0 cm³/mol. The average molecular weight is 333 g/mol. The van der Waals surface area contributed by atoms with Gasteiger partial charge in [0.1, 0.15) is 5.56 Å². The number of aryl methyl sites for hydroxylation is 3. The number of carboxylic acids is 1. The molecule has 0 radical (unpaired) electrons. The monoisotopic (exact) mass is 333 g/mol. The molecule has 2 aromatic rings. The standard InChI is InChI=1S/C16H23N5O3/c1-6-20(9-12-10(3)17-21(7-2)11(12)4)15(22)14-13(16(23)24)8-19(5)18-14/h8H,6-7,9H2,1-5H3,(H,23,24). The lowest BCUT2D eigenvalue weighted by molar-refractivity contribution is 0.0673. The Morgan fingerprint density at radius 3 is 2.42 bits per heavy atom. The van der Waals surface area contributed by atoms with Gasteiger partial charge in [-0.2, -0.15) is 10.2 Å². The molecule has 0 bridgehead atoms. The zero-order valence-corrected chi connectivity index (χ0v) is 14.7. The van der Waals surface area contributed by atoms with E-state index in [1.807, 2.05) is 32.4 Å². The Morgan fingerprint density at radius 1 is 1.25 bits per heavy atom. The van der Waals surface area contributed by atoms with Gasteiger partial charge in [-0.05, 0) is 27.7 Å². The number of rotatable bonds is 6. The molecule has 1 amide bonds. The summed E-state index contributed by atoms with van der Waals surface area (Å²) in [5.41, 5.74) is 2.75. The fraction of sp³-hybridized carbons (Fsp3) is 0.500. The van der Waals surface area contributed by atoms with Crippen molar-refractivity contribution in [2.75, 3.05) is 6.54 Å². The molecule has 130 valence electrons. The zero-order valence-electron chi connectivity index (χ0n) is 14.7. The van der Waals surface area contributed by atoms with Crippen molar-refractivity contribution >= 4 is 11.9 Å². The van der Waals surface area contributed by atoms with Crippen molar-refractivity contribution in [1.82, 2.24) is 24.5 Å². The quantitative estimate of drug-likeness (QED) is 0.867. The maximum Gasteiger partial charge on any atom is 0.339 e. The first kappa shape index (κ1) is 17.7. The van der Waals surface area contributed by atoms with Crippen molar-refractivity contribution in [1.29, 1.82) is 0 Å². The summed E-state index contributed by atoms with van der Waals surface area (Å²) in [6.07, 6.45) is 1.34. The van der Waals surface area contributed by atoms with E-state index in [1.54, 1.807) is 11.9 Å². The summed E-state index contributed by atoms with van der Waals surface area (Å²) >= 11 is 0. The van der Waals surface area contributed by atoms with E-state index in [1.165, 1.54) is 10.9 Å². The van der Waals surface area contributed by atoms with Crippen LogP contribution in [0, 0.1) is 13.8 Å². The van der Waals surface area contributed by atoms with E-state index in [4.69, 9.17) is 0 Å². The molecule has 0 saturated carbocycles. The van der Waals surface area contributed by atoms with Crippen LogP contribution in [0.3, 0.4) is 0 Å². The highest BCUT2D eigenvalue weighted by molar-refractivity contribution is 6.03. The lowest BCUT2D eigenvalue weighted by Crippen LogP contribution is -2.32. The van der Waals surface area contributed by atoms with Crippen LogP contribution in [0.25, 0.3) is 0 Å². The molecule has 8 heteroatoms. The molecule has 24 heavy (non-hydrogen) atoms. The number of carbonyl (C=O) groups is 2. The first-order valence-electron chi connectivity index (χ1n) is 7.89. The molecule has 0 aliphatic heterocycles. The molecule has 0 atom stereocenters. The summed E-state index contributed by atoms with van der Waals surface area (Å²) < 4.78 is 3.24. The Labute approximate surface area is 140 Å². The molecule has 0 fully saturated rings. The van der Waals surface area contributed by atoms with Gasteiger partial charge in [0.05, 0.1) is 5.69 Å². The minimum absolute atomic E-state index is 0.0370. The van der Waals surface area contributed by atoms with Crippen LogP contribution in [0.4, 0.5) is 0 Å². The van der Waals surface area contributed by atoms with Gasteiger partial charge in [0.2, 0.25) is 0 Å². The largest absolute Gasteiger partial charge is 0.478 e. The summed E-state index contributed by atoms with van der Waals surface area (Å²) in [7, 11) is 1.60. The van der Waals surface area contributed by atoms with Crippen LogP contribution in [-0.2, 0) is 20.1 Å². The van der Waals surface area contributed by atoms with Gasteiger partial charge in [-0.3, -0.25) is 14.2 Å². The van der Waals surface area contributed by atoms with E-state index in [2.05, 4.69) is 10.2 Å². The van der Waals surface area contributed by atoms with Gasteiger partial charge >= 0.3 is 5.97 Å². The van der Waals surface area contributed by atoms with E-state index in [-0.39, 0.29) is 11.3 Å². The van der Waals surface area contributed by atoms with Gasteiger partial charge in [0.25, 0.3) is 5.91 Å². The Kier molecular flexibility index (Phi) is 5.06. The van der Waals surface area contributed by atoms with E-state index in [9.17, 15) is 14.7 Å². The topological polar surface area (TPSA) is 93.3 Å².